The minimum Gasteiger partial charge on any atom is -0.478 e. The van der Waals surface area contributed by atoms with Crippen LogP contribution in [0.4, 0.5) is 9.93 Å². The number of carboxylic acid groups (broad SMARTS) is 1. The summed E-state index contributed by atoms with van der Waals surface area (Å²) in [4.78, 5) is 59.8. The van der Waals surface area contributed by atoms with Crippen molar-refractivity contribution in [2.24, 2.45) is 10.9 Å². The number of oxime groups is 1. The molecule has 18 nitrogen and oxygen atoms in total. The number of aliphatic carboxylic acids is 1. The molecule has 3 fully saturated rings. The maximum absolute atomic E-state index is 13.2. The Balaban J connectivity index is 1.51. The van der Waals surface area contributed by atoms with Gasteiger partial charge in [-0.05, 0) is 0 Å². The molecule has 1 saturated carbocycles. The number of nitrogens with two attached hydrogens (primary N) is 2. The number of nitrogens with one attached hydrogen (secondary N) is 2. The molecule has 2 aliphatic heterocycles. The van der Waals surface area contributed by atoms with E-state index in [1.54, 1.807) is 0 Å². The zero-order chi connectivity index (χ0) is 28.5. The van der Waals surface area contributed by atoms with Crippen molar-refractivity contribution in [1.29, 1.82) is 0 Å². The van der Waals surface area contributed by atoms with Crippen molar-refractivity contribution in [3.8, 4) is 0 Å². The molecule has 8 N–H and O–H groups in total. The number of hydrogen-bond donors (Lipinski definition) is 6. The predicted molar refractivity (Wildman–Crippen MR) is 132 cm³/mol. The van der Waals surface area contributed by atoms with E-state index < -0.39 is 70.2 Å². The second-order valence-electron chi connectivity index (χ2n) is 8.94. The summed E-state index contributed by atoms with van der Waals surface area (Å²) in [7, 11) is -5.04. The second kappa shape index (κ2) is 10.9. The Morgan fingerprint density at radius 3 is 2.64 bits per heavy atom. The first-order valence-electron chi connectivity index (χ1n) is 11.5. The number of anilines is 1. The lowest BCUT2D eigenvalue weighted by atomic mass is 9.97. The molecule has 3 aliphatic rings. The molecule has 0 aromatic carbocycles. The fourth-order valence-corrected chi connectivity index (χ4v) is 5.38. The molecule has 2 saturated heterocycles. The SMILES string of the molecule is NCCNCC1CN(CC2C(NC(=O)C(=NOC3(C(=O)O)CC3)c3csc(N)n3)C(=O)N2S(=O)(=O)O)C(=O)O1. The molecule has 3 amide bonds. The topological polar surface area (TPSA) is 269 Å². The summed E-state index contributed by atoms with van der Waals surface area (Å²) >= 11 is 0.954. The van der Waals surface area contributed by atoms with Crippen LogP contribution in [0.5, 0.6) is 0 Å². The summed E-state index contributed by atoms with van der Waals surface area (Å²) in [6.45, 7) is 0.746. The average Bonchev–Trinajstić information content (AvgIpc) is 3.41. The van der Waals surface area contributed by atoms with Crippen LogP contribution in [0.2, 0.25) is 0 Å². The van der Waals surface area contributed by atoms with Crippen molar-refractivity contribution >= 4 is 56.4 Å². The molecule has 20 heteroatoms. The normalized spacial score (nSPS) is 24.3. The average molecular weight is 591 g/mol. The molecule has 1 aromatic rings. The van der Waals surface area contributed by atoms with Crippen LogP contribution in [-0.4, -0.2) is 118 Å². The number of amides is 3. The van der Waals surface area contributed by atoms with Gasteiger partial charge in [0.05, 0.1) is 12.6 Å². The summed E-state index contributed by atoms with van der Waals surface area (Å²) in [6, 6.07) is -2.91. The molecule has 3 unspecified atom stereocenters. The highest BCUT2D eigenvalue weighted by atomic mass is 32.2. The molecule has 3 atom stereocenters. The van der Waals surface area contributed by atoms with Crippen molar-refractivity contribution in [2.45, 2.75) is 36.6 Å². The lowest BCUT2D eigenvalue weighted by molar-refractivity contribution is -0.153. The van der Waals surface area contributed by atoms with Gasteiger partial charge in [-0.15, -0.1) is 11.3 Å². The highest BCUT2D eigenvalue weighted by Crippen LogP contribution is 2.40. The number of rotatable bonds is 13. The number of hydrogen-bond acceptors (Lipinski definition) is 14. The smallest absolute Gasteiger partial charge is 0.410 e. The number of nitrogen functional groups attached to an aromatic ring is 1. The Bertz CT molecular complexity index is 1300. The highest BCUT2D eigenvalue weighted by Gasteiger charge is 2.56. The number of β-lactam (4-membered cyclic amide) rings is 1. The molecular weight excluding hydrogens is 564 g/mol. The predicted octanol–water partition coefficient (Wildman–Crippen LogP) is -3.07. The first-order chi connectivity index (χ1) is 18.4. The summed E-state index contributed by atoms with van der Waals surface area (Å²) in [5.41, 5.74) is 8.85. The number of cyclic esters (lactones) is 1. The van der Waals surface area contributed by atoms with Crippen molar-refractivity contribution in [3.05, 3.63) is 11.1 Å². The maximum Gasteiger partial charge on any atom is 0.410 e. The lowest BCUT2D eigenvalue weighted by Gasteiger charge is -2.45. The lowest BCUT2D eigenvalue weighted by Crippen LogP contribution is -2.74. The second-order valence-corrected chi connectivity index (χ2v) is 11.1. The van der Waals surface area contributed by atoms with E-state index >= 15 is 0 Å². The number of carbonyl (C=O) groups excluding carboxylic acids is 3. The number of nitrogens with zero attached hydrogens (tertiary/aromatic N) is 4. The van der Waals surface area contributed by atoms with E-state index in [0.717, 1.165) is 16.2 Å². The van der Waals surface area contributed by atoms with Crippen LogP contribution in [0, 0.1) is 0 Å². The van der Waals surface area contributed by atoms with Crippen LogP contribution in [0.1, 0.15) is 18.5 Å². The number of carboxylic acids is 1. The maximum atomic E-state index is 13.2. The summed E-state index contributed by atoms with van der Waals surface area (Å²) < 4.78 is 38.7. The molecule has 1 aliphatic carbocycles. The standard InChI is InChI=1S/C19H26N8O10S2/c20-3-4-22-5-9-6-26(18(32)36-9)7-11-13(15(29)27(11)39(33,34)35)24-14(28)12(10-8-38-17(21)23-10)25-37-19(1-2-19)16(30)31/h8-9,11,13,22H,1-7,20H2,(H2,21,23)(H,24,28)(H,30,31)(H,33,34,35). The van der Waals surface area contributed by atoms with Gasteiger partial charge in [-0.25, -0.2) is 18.9 Å². The number of thiazole rings is 1. The highest BCUT2D eigenvalue weighted by molar-refractivity contribution is 7.84. The summed E-state index contributed by atoms with van der Waals surface area (Å²) in [5.74, 6) is -3.52. The van der Waals surface area contributed by atoms with E-state index in [2.05, 4.69) is 20.8 Å². The van der Waals surface area contributed by atoms with E-state index in [1.165, 1.54) is 5.38 Å². The quantitative estimate of drug-likeness (QED) is 0.0437. The zero-order valence-electron chi connectivity index (χ0n) is 20.2. The van der Waals surface area contributed by atoms with Crippen LogP contribution in [0.15, 0.2) is 10.5 Å². The molecular formula is C19H26N8O10S2. The van der Waals surface area contributed by atoms with Gasteiger partial charge in [-0.2, -0.15) is 8.42 Å². The Morgan fingerprint density at radius 2 is 2.08 bits per heavy atom. The van der Waals surface area contributed by atoms with Crippen LogP contribution in [-0.2, 0) is 34.3 Å². The summed E-state index contributed by atoms with van der Waals surface area (Å²) in [5, 5.41) is 19.7. The zero-order valence-corrected chi connectivity index (χ0v) is 21.8. The van der Waals surface area contributed by atoms with E-state index in [4.69, 9.17) is 21.0 Å². The van der Waals surface area contributed by atoms with E-state index in [9.17, 15) is 37.3 Å². The van der Waals surface area contributed by atoms with Crippen molar-refractivity contribution in [3.63, 3.8) is 0 Å². The van der Waals surface area contributed by atoms with Gasteiger partial charge in [0.15, 0.2) is 10.8 Å². The van der Waals surface area contributed by atoms with E-state index in [0.29, 0.717) is 13.1 Å². The Labute approximate surface area is 225 Å². The third-order valence-corrected chi connectivity index (χ3v) is 7.76. The minimum atomic E-state index is -5.04. The van der Waals surface area contributed by atoms with Gasteiger partial charge in [0.25, 0.3) is 11.8 Å². The Morgan fingerprint density at radius 1 is 1.36 bits per heavy atom. The Kier molecular flexibility index (Phi) is 7.93. The third kappa shape index (κ3) is 6.03. The first kappa shape index (κ1) is 28.4. The van der Waals surface area contributed by atoms with Gasteiger partial charge < -0.3 is 41.7 Å². The van der Waals surface area contributed by atoms with Gasteiger partial charge in [0.1, 0.15) is 17.8 Å². The van der Waals surface area contributed by atoms with Gasteiger partial charge in [0, 0.05) is 44.4 Å². The van der Waals surface area contributed by atoms with E-state index in [1.807, 2.05) is 0 Å². The van der Waals surface area contributed by atoms with Crippen molar-refractivity contribution in [1.82, 2.24) is 24.8 Å². The molecule has 0 bridgehead atoms. The fraction of sp³-hybridized carbons (Fsp3) is 0.579. The molecule has 1 aromatic heterocycles. The van der Waals surface area contributed by atoms with Gasteiger partial charge in [0.2, 0.25) is 5.60 Å². The molecule has 39 heavy (non-hydrogen) atoms. The van der Waals surface area contributed by atoms with Crippen LogP contribution >= 0.6 is 11.3 Å². The molecule has 0 spiro atoms. The molecule has 214 valence electrons. The minimum absolute atomic E-state index is 0.0387. The van der Waals surface area contributed by atoms with Gasteiger partial charge >= 0.3 is 22.4 Å². The van der Waals surface area contributed by atoms with Crippen LogP contribution in [0.25, 0.3) is 0 Å². The van der Waals surface area contributed by atoms with E-state index in [-0.39, 0.29) is 41.1 Å². The number of ether oxygens (including phenoxy) is 1. The molecule has 0 radical (unpaired) electrons. The summed E-state index contributed by atoms with van der Waals surface area (Å²) in [6.07, 6.45) is -1.06. The number of carbonyl (C=O) groups is 4. The van der Waals surface area contributed by atoms with Crippen LogP contribution in [0.3, 0.4) is 0 Å². The molecule has 3 heterocycles. The first-order valence-corrected chi connectivity index (χ1v) is 13.8. The largest absolute Gasteiger partial charge is 0.478 e. The van der Waals surface area contributed by atoms with Gasteiger partial charge in [-0.3, -0.25) is 14.1 Å². The fourth-order valence-electron chi connectivity index (χ4n) is 3.96. The van der Waals surface area contributed by atoms with Crippen molar-refractivity contribution in [2.75, 3.05) is 38.5 Å². The number of aromatic nitrogens is 1. The molecule has 4 rings (SSSR count). The Hall–Kier alpha value is -3.59. The third-order valence-electron chi connectivity index (χ3n) is 6.14. The van der Waals surface area contributed by atoms with Crippen LogP contribution < -0.4 is 22.1 Å². The van der Waals surface area contributed by atoms with Crippen molar-refractivity contribution < 1.29 is 46.8 Å². The monoisotopic (exact) mass is 590 g/mol. The van der Waals surface area contributed by atoms with Gasteiger partial charge in [-0.1, -0.05) is 5.16 Å².